The quantitative estimate of drug-likeness (QED) is 0.0211. The summed E-state index contributed by atoms with van der Waals surface area (Å²) < 4.78 is 0. The van der Waals surface area contributed by atoms with E-state index < -0.39 is 179 Å². The number of aliphatic imine (C=N–C) groups is 1. The Morgan fingerprint density at radius 3 is 1.37 bits per heavy atom. The number of hydrogen-bond acceptors (Lipinski definition) is 18. The van der Waals surface area contributed by atoms with Gasteiger partial charge in [-0.3, -0.25) is 67.3 Å². The van der Waals surface area contributed by atoms with Gasteiger partial charge in [-0.1, -0.05) is 126 Å². The van der Waals surface area contributed by atoms with Crippen LogP contribution in [0.3, 0.4) is 0 Å². The number of carbonyl (C=O) groups is 13. The Balaban J connectivity index is 2.48. The molecular weight excluding hydrogens is 1380 g/mol. The second kappa shape index (κ2) is 48.7. The maximum absolute atomic E-state index is 14.8. The van der Waals surface area contributed by atoms with E-state index in [4.69, 9.17) is 34.4 Å². The highest BCUT2D eigenvalue weighted by Crippen LogP contribution is 2.23. The number of nitrogens with one attached hydrogen (secondary N) is 11. The first-order valence-corrected chi connectivity index (χ1v) is 38.2. The van der Waals surface area contributed by atoms with Crippen molar-refractivity contribution < 1.29 is 67.4 Å². The molecule has 0 bridgehead atoms. The topological polar surface area (TPSA) is 546 Å². The first-order chi connectivity index (χ1) is 50.3. The van der Waals surface area contributed by atoms with Crippen LogP contribution in [0, 0.1) is 35.5 Å². The van der Waals surface area contributed by atoms with Gasteiger partial charge in [0.25, 0.3) is 0 Å². The van der Waals surface area contributed by atoms with Gasteiger partial charge in [-0.15, -0.1) is 0 Å². The smallest absolute Gasteiger partial charge is 0.245 e. The molecule has 0 aromatic heterocycles. The molecule has 1 saturated heterocycles. The number of aliphatic hydroxyl groups excluding tert-OH is 1. The van der Waals surface area contributed by atoms with Crippen LogP contribution >= 0.6 is 0 Å². The predicted octanol–water partition coefficient (Wildman–Crippen LogP) is -1.04. The van der Waals surface area contributed by atoms with E-state index in [0.29, 0.717) is 51.5 Å². The Labute approximate surface area is 632 Å². The van der Waals surface area contributed by atoms with Gasteiger partial charge >= 0.3 is 0 Å². The maximum Gasteiger partial charge on any atom is 0.245 e. The number of nitrogens with two attached hydrogens (primary N) is 6. The molecule has 1 aromatic carbocycles. The van der Waals surface area contributed by atoms with Crippen molar-refractivity contribution in [2.45, 2.75) is 284 Å². The number of amides is 13. The van der Waals surface area contributed by atoms with Gasteiger partial charge in [-0.2, -0.15) is 0 Å². The van der Waals surface area contributed by atoms with Crippen LogP contribution in [0.25, 0.3) is 0 Å². The first-order valence-electron chi connectivity index (χ1n) is 38.2. The first kappa shape index (κ1) is 94.5. The lowest BCUT2D eigenvalue weighted by atomic mass is 9.95. The fourth-order valence-electron chi connectivity index (χ4n) is 12.2. The van der Waals surface area contributed by atoms with Crippen LogP contribution in [-0.4, -0.2) is 204 Å². The molecule has 1 fully saturated rings. The van der Waals surface area contributed by atoms with Crippen LogP contribution in [0.2, 0.25) is 0 Å². The largest absolute Gasteiger partial charge is 0.391 e. The molecular formula is C74H131N19O14. The van der Waals surface area contributed by atoms with Gasteiger partial charge in [-0.05, 0) is 158 Å². The number of carbonyl (C=O) groups excluding carboxylic acids is 13. The van der Waals surface area contributed by atoms with Crippen LogP contribution in [0.15, 0.2) is 35.3 Å². The van der Waals surface area contributed by atoms with Crippen molar-refractivity contribution in [1.82, 2.24) is 63.4 Å². The second-order valence-electron chi connectivity index (χ2n) is 30.1. The Morgan fingerprint density at radius 1 is 0.477 bits per heavy atom. The van der Waals surface area contributed by atoms with Crippen LogP contribution in [0.1, 0.15) is 199 Å². The van der Waals surface area contributed by atoms with E-state index in [-0.39, 0.29) is 101 Å². The van der Waals surface area contributed by atoms with Gasteiger partial charge in [0.2, 0.25) is 76.8 Å². The number of guanidine groups is 1. The third kappa shape index (κ3) is 33.6. The predicted molar refractivity (Wildman–Crippen MR) is 408 cm³/mol. The van der Waals surface area contributed by atoms with Gasteiger partial charge < -0.3 is 103 Å². The van der Waals surface area contributed by atoms with Crippen molar-refractivity contribution in [3.63, 3.8) is 0 Å². The van der Waals surface area contributed by atoms with Gasteiger partial charge in [0, 0.05) is 13.1 Å². The minimum Gasteiger partial charge on any atom is -0.391 e. The summed E-state index contributed by atoms with van der Waals surface area (Å²) in [5.41, 5.74) is 35.6. The maximum atomic E-state index is 14.8. The van der Waals surface area contributed by atoms with Crippen LogP contribution in [0.4, 0.5) is 0 Å². The van der Waals surface area contributed by atoms with Crippen molar-refractivity contribution in [1.29, 1.82) is 0 Å². The fourth-order valence-corrected chi connectivity index (χ4v) is 12.2. The van der Waals surface area contributed by atoms with Crippen molar-refractivity contribution in [2.24, 2.45) is 74.9 Å². The summed E-state index contributed by atoms with van der Waals surface area (Å²) in [6.07, 6.45) is 2.63. The lowest BCUT2D eigenvalue weighted by molar-refractivity contribution is -0.142. The average molecular weight is 1510 g/mol. The summed E-state index contributed by atoms with van der Waals surface area (Å²) in [6, 6.07) is -6.92. The molecule has 107 heavy (non-hydrogen) atoms. The summed E-state index contributed by atoms with van der Waals surface area (Å²) in [4.78, 5) is 189. The molecule has 33 nitrogen and oxygen atoms in total. The Hall–Kier alpha value is -8.56. The molecule has 0 saturated carbocycles. The highest BCUT2D eigenvalue weighted by molar-refractivity contribution is 6.00. The summed E-state index contributed by atoms with van der Waals surface area (Å²) >= 11 is 0. The Bertz CT molecular complexity index is 3060. The zero-order valence-corrected chi connectivity index (χ0v) is 65.7. The van der Waals surface area contributed by atoms with Crippen molar-refractivity contribution in [2.75, 3.05) is 26.2 Å². The summed E-state index contributed by atoms with van der Waals surface area (Å²) in [5, 5.41) is 40.6. The molecule has 13 amide bonds. The van der Waals surface area contributed by atoms with Gasteiger partial charge in [0.15, 0.2) is 5.96 Å². The van der Waals surface area contributed by atoms with E-state index in [2.05, 4.69) is 63.5 Å². The molecule has 1 aliphatic heterocycles. The molecule has 16 atom stereocenters. The van der Waals surface area contributed by atoms with Crippen LogP contribution < -0.4 is 92.9 Å². The molecule has 33 heteroatoms. The van der Waals surface area contributed by atoms with E-state index in [0.717, 1.165) is 5.56 Å². The lowest BCUT2D eigenvalue weighted by Crippen LogP contribution is -2.63. The normalized spacial score (nSPS) is 17.1. The highest BCUT2D eigenvalue weighted by Gasteiger charge is 2.42. The molecule has 2 rings (SSSR count). The van der Waals surface area contributed by atoms with E-state index in [1.54, 1.807) is 34.6 Å². The number of aliphatic hydroxyl groups is 1. The molecule has 1 aliphatic rings. The number of hydrogen-bond donors (Lipinski definition) is 18. The zero-order valence-electron chi connectivity index (χ0n) is 65.7. The van der Waals surface area contributed by atoms with E-state index in [9.17, 15) is 67.4 Å². The number of unbranched alkanes of at least 4 members (excludes halogenated alkanes) is 2. The van der Waals surface area contributed by atoms with Gasteiger partial charge in [0.05, 0.1) is 12.1 Å². The number of primary amides is 1. The highest BCUT2D eigenvalue weighted by atomic mass is 16.3. The Kier molecular flexibility index (Phi) is 43.0. The summed E-state index contributed by atoms with van der Waals surface area (Å²) in [6.45, 7) is 24.6. The monoisotopic (exact) mass is 1510 g/mol. The van der Waals surface area contributed by atoms with Crippen LogP contribution in [0.5, 0.6) is 0 Å². The molecule has 0 aliphatic carbocycles. The Morgan fingerprint density at radius 2 is 0.888 bits per heavy atom. The minimum absolute atomic E-state index is 0.000641. The number of rotatable bonds is 50. The van der Waals surface area contributed by atoms with E-state index >= 15 is 0 Å². The van der Waals surface area contributed by atoms with Gasteiger partial charge in [-0.25, -0.2) is 0 Å². The standard InChI is InChI=1S/C74H131N19O14/c1-15-44(11)58(91-67(101)55(38-42(7)8)87-68(102)56-31-25-35-93(56)73(107)52(29-21-23-33-76)85-63(97)49(77)39-48-26-18-17-19-27-48)70(104)88-54(37-41(5)6)66(100)84-51(30-24-34-81-74(79)80)64(98)83-50(28-20-22-32-75)65(99)90-59(45(12)16-2)71(105)89-57(43(9)10)69(103)92-60(47(14)94)72(106)82-46(13)62(96)86-53(61(78)95)36-40(3)4/h17-19,26-27,40-47,49-60,94H,15-16,20-25,28-39,75-77H2,1-14H3,(H2,78,95)(H,82,106)(H,83,98)(H,84,100)(H,85,97)(H,86,96)(H,87,102)(H,88,104)(H,89,105)(H,90,99)(H,91,101)(H,92,103)(H4,79,80,81)/t44-,45-,46-,47+,49-,50-,51-,52-,53-,54-,55-,56-,57-,58-,59-,60-/m0/s1. The molecule has 0 unspecified atom stereocenters. The molecule has 24 N–H and O–H groups in total. The van der Waals surface area contributed by atoms with Crippen molar-refractivity contribution in [3.05, 3.63) is 35.9 Å². The third-order valence-corrected chi connectivity index (χ3v) is 18.9. The number of nitrogens with zero attached hydrogens (tertiary/aromatic N) is 2. The minimum atomic E-state index is -1.64. The molecule has 1 aromatic rings. The van der Waals surface area contributed by atoms with Crippen molar-refractivity contribution >= 4 is 82.8 Å². The third-order valence-electron chi connectivity index (χ3n) is 18.9. The molecule has 0 radical (unpaired) electrons. The molecule has 0 spiro atoms. The SMILES string of the molecule is CC[C@H](C)[C@H](NC(=O)[C@H](CC(C)C)NC(=O)[C@@H]1CCCN1C(=O)[C@H](CCCCN)NC(=O)[C@@H](N)Cc1ccccc1)C(=O)N[C@@H](CC(C)C)C(=O)N[C@@H](CCCN=C(N)N)C(=O)N[C@@H](CCCCN)C(=O)N[C@H](C(=O)N[C@H](C(=O)N[C@H](C(=O)N[C@@H](C)C(=O)N[C@@H](CC(C)C)C(N)=O)[C@@H](C)O)C(C)C)[C@@H](C)CC. The number of benzene rings is 1. The van der Waals surface area contributed by atoms with E-state index in [1.807, 2.05) is 78.8 Å². The van der Waals surface area contributed by atoms with E-state index in [1.165, 1.54) is 18.7 Å². The fraction of sp³-hybridized carbons (Fsp3) is 0.730. The average Bonchev–Trinajstić information content (AvgIpc) is 1.70. The van der Waals surface area contributed by atoms with Crippen molar-refractivity contribution in [3.8, 4) is 0 Å². The zero-order chi connectivity index (χ0) is 80.9. The lowest BCUT2D eigenvalue weighted by Gasteiger charge is -2.32. The molecule has 606 valence electrons. The summed E-state index contributed by atoms with van der Waals surface area (Å²) in [7, 11) is 0. The second-order valence-corrected chi connectivity index (χ2v) is 30.1. The van der Waals surface area contributed by atoms with Gasteiger partial charge in [0.1, 0.15) is 72.5 Å². The summed E-state index contributed by atoms with van der Waals surface area (Å²) in [5.74, 6) is -12.1. The number of likely N-dealkylation sites (tertiary alicyclic amines) is 1. The molecule has 1 heterocycles. The van der Waals surface area contributed by atoms with Crippen LogP contribution in [-0.2, 0) is 68.7 Å².